The fourth-order valence-electron chi connectivity index (χ4n) is 3.14. The summed E-state index contributed by atoms with van der Waals surface area (Å²) in [4.78, 5) is 13.9. The van der Waals surface area contributed by atoms with E-state index < -0.39 is 10.1 Å². The quantitative estimate of drug-likeness (QED) is 0.676. The Morgan fingerprint density at radius 1 is 0.960 bits per heavy atom. The number of anilines is 1. The van der Waals surface area contributed by atoms with Crippen molar-refractivity contribution in [3.63, 3.8) is 0 Å². The van der Waals surface area contributed by atoms with Crippen LogP contribution in [-0.2, 0) is 10.1 Å². The molecule has 6 heteroatoms. The normalized spacial score (nSPS) is 13.5. The van der Waals surface area contributed by atoms with Crippen LogP contribution in [0.15, 0.2) is 59.5 Å². The molecular formula is C19H15NO4S. The molecule has 0 bridgehead atoms. The molecule has 0 atom stereocenters. The van der Waals surface area contributed by atoms with Crippen LogP contribution >= 0.6 is 0 Å². The number of aryl methyl sites for hydroxylation is 1. The monoisotopic (exact) mass is 353 g/mol. The molecule has 0 unspecified atom stereocenters. The topological polar surface area (TPSA) is 63.7 Å². The van der Waals surface area contributed by atoms with Gasteiger partial charge in [-0.1, -0.05) is 30.3 Å². The van der Waals surface area contributed by atoms with E-state index in [0.717, 1.165) is 5.56 Å². The maximum Gasteiger partial charge on any atom is 0.339 e. The van der Waals surface area contributed by atoms with Crippen molar-refractivity contribution >= 4 is 32.5 Å². The average molecular weight is 353 g/mol. The summed E-state index contributed by atoms with van der Waals surface area (Å²) in [5.74, 6) is 0.147. The van der Waals surface area contributed by atoms with Gasteiger partial charge in [0.2, 0.25) is 0 Å². The summed E-state index contributed by atoms with van der Waals surface area (Å²) in [6, 6.07) is 15.2. The minimum Gasteiger partial charge on any atom is -0.379 e. The van der Waals surface area contributed by atoms with Crippen molar-refractivity contribution in [2.75, 3.05) is 11.9 Å². The number of benzene rings is 3. The van der Waals surface area contributed by atoms with Crippen LogP contribution in [0.3, 0.4) is 0 Å². The number of nitrogens with zero attached hydrogens (tertiary/aromatic N) is 1. The summed E-state index contributed by atoms with van der Waals surface area (Å²) in [5.41, 5.74) is 1.93. The number of amides is 1. The third kappa shape index (κ3) is 2.29. The van der Waals surface area contributed by atoms with E-state index in [1.54, 1.807) is 56.4 Å². The first-order valence-corrected chi connectivity index (χ1v) is 9.15. The highest BCUT2D eigenvalue weighted by Crippen LogP contribution is 2.39. The lowest BCUT2D eigenvalue weighted by molar-refractivity contribution is 0.0999. The van der Waals surface area contributed by atoms with E-state index in [0.29, 0.717) is 27.8 Å². The van der Waals surface area contributed by atoms with Gasteiger partial charge in [-0.05, 0) is 36.8 Å². The van der Waals surface area contributed by atoms with Crippen LogP contribution in [-0.4, -0.2) is 21.4 Å². The third-order valence-corrected chi connectivity index (χ3v) is 5.73. The van der Waals surface area contributed by atoms with Gasteiger partial charge in [0.05, 0.1) is 5.69 Å². The number of para-hydroxylation sites is 1. The predicted octanol–water partition coefficient (Wildman–Crippen LogP) is 3.51. The molecule has 1 amide bonds. The van der Waals surface area contributed by atoms with Crippen molar-refractivity contribution in [1.82, 2.24) is 0 Å². The summed E-state index contributed by atoms with van der Waals surface area (Å²) in [6.45, 7) is 1.78. The van der Waals surface area contributed by atoms with E-state index in [1.807, 2.05) is 6.07 Å². The van der Waals surface area contributed by atoms with Crippen molar-refractivity contribution in [3.8, 4) is 5.75 Å². The Morgan fingerprint density at radius 3 is 2.48 bits per heavy atom. The summed E-state index contributed by atoms with van der Waals surface area (Å²) >= 11 is 0. The van der Waals surface area contributed by atoms with Gasteiger partial charge in [-0.3, -0.25) is 4.79 Å². The SMILES string of the molecule is Cc1ccccc1OS(=O)(=O)c1ccc2c3c(cccc13)C(=O)N2C. The number of hydrogen-bond acceptors (Lipinski definition) is 4. The van der Waals surface area contributed by atoms with Crippen LogP contribution in [0.2, 0.25) is 0 Å². The van der Waals surface area contributed by atoms with Crippen LogP contribution < -0.4 is 9.08 Å². The highest BCUT2D eigenvalue weighted by atomic mass is 32.2. The number of carbonyl (C=O) groups excluding carboxylic acids is 1. The van der Waals surface area contributed by atoms with Gasteiger partial charge in [0.1, 0.15) is 10.6 Å². The molecule has 0 saturated heterocycles. The van der Waals surface area contributed by atoms with E-state index in [-0.39, 0.29) is 10.8 Å². The molecule has 0 aromatic heterocycles. The van der Waals surface area contributed by atoms with Gasteiger partial charge in [0.25, 0.3) is 5.91 Å². The first kappa shape index (κ1) is 15.7. The fourth-order valence-corrected chi connectivity index (χ4v) is 4.33. The Balaban J connectivity index is 1.91. The lowest BCUT2D eigenvalue weighted by atomic mass is 10.1. The van der Waals surface area contributed by atoms with Crippen LogP contribution in [0.25, 0.3) is 10.8 Å². The van der Waals surface area contributed by atoms with Crippen LogP contribution in [0.5, 0.6) is 5.75 Å². The second-order valence-corrected chi connectivity index (χ2v) is 7.49. The van der Waals surface area contributed by atoms with Gasteiger partial charge in [0, 0.05) is 23.4 Å². The van der Waals surface area contributed by atoms with Crippen molar-refractivity contribution in [2.45, 2.75) is 11.8 Å². The lowest BCUT2D eigenvalue weighted by Crippen LogP contribution is -2.20. The molecule has 0 saturated carbocycles. The minimum atomic E-state index is -4.03. The van der Waals surface area contributed by atoms with E-state index in [4.69, 9.17) is 4.18 Å². The number of carbonyl (C=O) groups is 1. The zero-order valence-electron chi connectivity index (χ0n) is 13.7. The maximum absolute atomic E-state index is 12.9. The minimum absolute atomic E-state index is 0.0550. The smallest absolute Gasteiger partial charge is 0.339 e. The molecule has 0 aliphatic carbocycles. The summed E-state index contributed by atoms with van der Waals surface area (Å²) < 4.78 is 31.1. The first-order chi connectivity index (χ1) is 11.9. The Labute approximate surface area is 145 Å². The second kappa shape index (κ2) is 5.32. The van der Waals surface area contributed by atoms with Gasteiger partial charge >= 0.3 is 10.1 Å². The predicted molar refractivity (Wildman–Crippen MR) is 95.7 cm³/mol. The highest BCUT2D eigenvalue weighted by molar-refractivity contribution is 7.87. The average Bonchev–Trinajstić information content (AvgIpc) is 2.84. The molecule has 0 spiro atoms. The van der Waals surface area contributed by atoms with E-state index in [9.17, 15) is 13.2 Å². The van der Waals surface area contributed by atoms with E-state index in [2.05, 4.69) is 0 Å². The van der Waals surface area contributed by atoms with Crippen molar-refractivity contribution in [2.24, 2.45) is 0 Å². The van der Waals surface area contributed by atoms with Crippen molar-refractivity contribution in [1.29, 1.82) is 0 Å². The molecule has 4 rings (SSSR count). The molecule has 0 fully saturated rings. The van der Waals surface area contributed by atoms with Crippen molar-refractivity contribution in [3.05, 3.63) is 65.7 Å². The largest absolute Gasteiger partial charge is 0.379 e. The van der Waals surface area contributed by atoms with Crippen LogP contribution in [0.4, 0.5) is 5.69 Å². The number of rotatable bonds is 3. The molecule has 0 radical (unpaired) electrons. The summed E-state index contributed by atoms with van der Waals surface area (Å²) in [6.07, 6.45) is 0. The zero-order valence-corrected chi connectivity index (χ0v) is 14.5. The molecule has 3 aromatic carbocycles. The highest BCUT2D eigenvalue weighted by Gasteiger charge is 2.30. The Kier molecular flexibility index (Phi) is 3.33. The molecule has 25 heavy (non-hydrogen) atoms. The van der Waals surface area contributed by atoms with Gasteiger partial charge in [0.15, 0.2) is 0 Å². The molecule has 1 heterocycles. The van der Waals surface area contributed by atoms with Crippen LogP contribution in [0, 0.1) is 6.92 Å². The fraction of sp³-hybridized carbons (Fsp3) is 0.105. The second-order valence-electron chi connectivity index (χ2n) is 5.98. The van der Waals surface area contributed by atoms with Gasteiger partial charge in [-0.15, -0.1) is 0 Å². The Bertz CT molecular complexity index is 1140. The third-order valence-electron chi connectivity index (χ3n) is 4.44. The molecule has 126 valence electrons. The summed E-state index contributed by atoms with van der Waals surface area (Å²) in [7, 11) is -2.36. The molecule has 5 nitrogen and oxygen atoms in total. The first-order valence-electron chi connectivity index (χ1n) is 7.74. The van der Waals surface area contributed by atoms with Crippen molar-refractivity contribution < 1.29 is 17.4 Å². The maximum atomic E-state index is 12.9. The zero-order chi connectivity index (χ0) is 17.8. The Hall–Kier alpha value is -2.86. The van der Waals surface area contributed by atoms with Gasteiger partial charge in [-0.2, -0.15) is 8.42 Å². The van der Waals surface area contributed by atoms with Gasteiger partial charge < -0.3 is 9.08 Å². The van der Waals surface area contributed by atoms with E-state index >= 15 is 0 Å². The lowest BCUT2D eigenvalue weighted by Gasteiger charge is -2.13. The number of hydrogen-bond donors (Lipinski definition) is 0. The summed E-state index contributed by atoms with van der Waals surface area (Å²) in [5, 5.41) is 1.13. The standard InChI is InChI=1S/C19H15NO4S/c1-12-6-3-4-9-16(12)24-25(22,23)17-11-10-15-18-13(17)7-5-8-14(18)19(21)20(15)2/h3-11H,1-2H3. The van der Waals surface area contributed by atoms with Crippen LogP contribution in [0.1, 0.15) is 15.9 Å². The molecular weight excluding hydrogens is 338 g/mol. The Morgan fingerprint density at radius 2 is 1.72 bits per heavy atom. The molecule has 1 aliphatic heterocycles. The van der Waals surface area contributed by atoms with E-state index in [1.165, 1.54) is 11.0 Å². The molecule has 0 N–H and O–H groups in total. The molecule has 3 aromatic rings. The van der Waals surface area contributed by atoms with Gasteiger partial charge in [-0.25, -0.2) is 0 Å². The molecule has 1 aliphatic rings.